The lowest BCUT2D eigenvalue weighted by atomic mass is 9.98. The Morgan fingerprint density at radius 3 is 2.67 bits per heavy atom. The number of hydrogen-bond donors (Lipinski definition) is 3. The average Bonchev–Trinajstić information content (AvgIpc) is 3.19. The summed E-state index contributed by atoms with van der Waals surface area (Å²) in [7, 11) is 0. The van der Waals surface area contributed by atoms with E-state index in [4.69, 9.17) is 4.74 Å². The zero-order valence-electron chi connectivity index (χ0n) is 14.1. The third-order valence-electron chi connectivity index (χ3n) is 4.90. The third-order valence-corrected chi connectivity index (χ3v) is 4.90. The van der Waals surface area contributed by atoms with Crippen molar-refractivity contribution in [3.8, 4) is 0 Å². The summed E-state index contributed by atoms with van der Waals surface area (Å²) in [6.07, 6.45) is 5.61. The molecule has 1 unspecified atom stereocenters. The number of nitrogens with zero attached hydrogens (tertiary/aromatic N) is 1. The van der Waals surface area contributed by atoms with Crippen LogP contribution in [0.5, 0.6) is 0 Å². The summed E-state index contributed by atoms with van der Waals surface area (Å²) < 4.78 is 5.17. The van der Waals surface area contributed by atoms with E-state index in [1.54, 1.807) is 18.3 Å². The second kappa shape index (κ2) is 7.70. The second-order valence-corrected chi connectivity index (χ2v) is 6.45. The predicted molar refractivity (Wildman–Crippen MR) is 89.8 cm³/mol. The minimum Gasteiger partial charge on any atom is -0.450 e. The third kappa shape index (κ3) is 3.72. The number of piperidine rings is 1. The molecule has 7 nitrogen and oxygen atoms in total. The van der Waals surface area contributed by atoms with Gasteiger partial charge in [-0.15, -0.1) is 0 Å². The second-order valence-electron chi connectivity index (χ2n) is 6.45. The molecule has 7 heteroatoms. The van der Waals surface area contributed by atoms with Gasteiger partial charge in [0.2, 0.25) is 0 Å². The quantitative estimate of drug-likeness (QED) is 0.688. The highest BCUT2D eigenvalue weighted by atomic mass is 16.6. The van der Waals surface area contributed by atoms with Gasteiger partial charge in [0.15, 0.2) is 0 Å². The van der Waals surface area contributed by atoms with Gasteiger partial charge in [-0.3, -0.25) is 4.79 Å². The molecule has 2 amide bonds. The molecule has 1 aromatic rings. The van der Waals surface area contributed by atoms with Crippen LogP contribution in [0.2, 0.25) is 0 Å². The first-order chi connectivity index (χ1) is 11.7. The Morgan fingerprint density at radius 1 is 1.29 bits per heavy atom. The highest BCUT2D eigenvalue weighted by Crippen LogP contribution is 2.36. The molecule has 1 aromatic heterocycles. The van der Waals surface area contributed by atoms with Crippen LogP contribution in [-0.2, 0) is 4.74 Å². The van der Waals surface area contributed by atoms with Crippen LogP contribution in [0.4, 0.5) is 4.79 Å². The lowest BCUT2D eigenvalue weighted by Crippen LogP contribution is -2.52. The topological polar surface area (TPSA) is 86.5 Å². The first-order valence-electron chi connectivity index (χ1n) is 8.79. The Hall–Kier alpha value is -2.02. The number of hydrogen-bond acceptors (Lipinski definition) is 4. The van der Waals surface area contributed by atoms with E-state index in [1.165, 1.54) is 0 Å². The Morgan fingerprint density at radius 2 is 2.04 bits per heavy atom. The minimum absolute atomic E-state index is 0.0843. The maximum Gasteiger partial charge on any atom is 0.410 e. The Labute approximate surface area is 142 Å². The van der Waals surface area contributed by atoms with Crippen LogP contribution in [0.15, 0.2) is 18.3 Å². The molecule has 2 fully saturated rings. The number of aromatic nitrogens is 1. The zero-order chi connectivity index (χ0) is 16.9. The summed E-state index contributed by atoms with van der Waals surface area (Å²) in [5.74, 6) is -0.0843. The SMILES string of the molecule is CCOC(=O)N1[C@@H]2CC[C@H]1CC(NCCNC(=O)c1ccc[nH]1)C2. The first-order valence-corrected chi connectivity index (χ1v) is 8.79. The molecule has 2 bridgehead atoms. The molecule has 132 valence electrons. The molecule has 3 heterocycles. The molecule has 0 saturated carbocycles. The number of H-pyrrole nitrogens is 1. The van der Waals surface area contributed by atoms with E-state index in [1.807, 2.05) is 11.8 Å². The minimum atomic E-state index is -0.165. The van der Waals surface area contributed by atoms with Crippen molar-refractivity contribution in [2.45, 2.75) is 50.7 Å². The van der Waals surface area contributed by atoms with Crippen LogP contribution < -0.4 is 10.6 Å². The van der Waals surface area contributed by atoms with Gasteiger partial charge in [0.05, 0.1) is 6.61 Å². The number of aromatic amines is 1. The van der Waals surface area contributed by atoms with Crippen molar-refractivity contribution < 1.29 is 14.3 Å². The molecular formula is C17H26N4O3. The van der Waals surface area contributed by atoms with E-state index in [9.17, 15) is 9.59 Å². The van der Waals surface area contributed by atoms with E-state index in [-0.39, 0.29) is 24.1 Å². The summed E-state index contributed by atoms with van der Waals surface area (Å²) in [6.45, 7) is 3.59. The molecule has 2 saturated heterocycles. The Bertz CT molecular complexity index is 546. The van der Waals surface area contributed by atoms with Crippen molar-refractivity contribution in [1.82, 2.24) is 20.5 Å². The van der Waals surface area contributed by atoms with Gasteiger partial charge in [0.25, 0.3) is 5.91 Å². The van der Waals surface area contributed by atoms with Crippen LogP contribution in [0.3, 0.4) is 0 Å². The summed E-state index contributed by atoms with van der Waals surface area (Å²) in [4.78, 5) is 28.7. The normalized spacial score (nSPS) is 25.5. The Balaban J connectivity index is 1.39. The zero-order valence-corrected chi connectivity index (χ0v) is 14.1. The predicted octanol–water partition coefficient (Wildman–Crippen LogP) is 1.49. The lowest BCUT2D eigenvalue weighted by molar-refractivity contribution is 0.0659. The number of fused-ring (bicyclic) bond motifs is 2. The van der Waals surface area contributed by atoms with Gasteiger partial charge in [-0.05, 0) is 44.7 Å². The highest BCUT2D eigenvalue weighted by Gasteiger charge is 2.43. The molecule has 3 rings (SSSR count). The summed E-state index contributed by atoms with van der Waals surface area (Å²) in [5, 5.41) is 6.40. The number of carbonyl (C=O) groups excluding carboxylic acids is 2. The molecule has 0 spiro atoms. The molecule has 2 aliphatic rings. The van der Waals surface area contributed by atoms with Gasteiger partial charge < -0.3 is 25.3 Å². The largest absolute Gasteiger partial charge is 0.450 e. The van der Waals surface area contributed by atoms with Crippen LogP contribution in [0.25, 0.3) is 0 Å². The van der Waals surface area contributed by atoms with Gasteiger partial charge in [0.1, 0.15) is 5.69 Å². The van der Waals surface area contributed by atoms with Crippen LogP contribution in [0, 0.1) is 0 Å². The maximum absolute atomic E-state index is 12.0. The first kappa shape index (κ1) is 16.8. The number of rotatable bonds is 6. The Kier molecular flexibility index (Phi) is 5.40. The molecule has 3 N–H and O–H groups in total. The van der Waals surface area contributed by atoms with E-state index < -0.39 is 0 Å². The maximum atomic E-state index is 12.0. The van der Waals surface area contributed by atoms with Crippen LogP contribution in [-0.4, -0.2) is 59.7 Å². The van der Waals surface area contributed by atoms with Crippen molar-refractivity contribution in [2.75, 3.05) is 19.7 Å². The molecule has 3 atom stereocenters. The van der Waals surface area contributed by atoms with E-state index in [0.29, 0.717) is 24.9 Å². The van der Waals surface area contributed by atoms with E-state index in [2.05, 4.69) is 15.6 Å². The summed E-state index contributed by atoms with van der Waals surface area (Å²) in [5.41, 5.74) is 0.579. The van der Waals surface area contributed by atoms with E-state index >= 15 is 0 Å². The van der Waals surface area contributed by atoms with E-state index in [0.717, 1.165) is 32.2 Å². The summed E-state index contributed by atoms with van der Waals surface area (Å²) >= 11 is 0. The fraction of sp³-hybridized carbons (Fsp3) is 0.647. The lowest BCUT2D eigenvalue weighted by Gasteiger charge is -2.38. The molecule has 24 heavy (non-hydrogen) atoms. The number of amides is 2. The fourth-order valence-corrected chi connectivity index (χ4v) is 3.86. The van der Waals surface area contributed by atoms with Crippen LogP contribution in [0.1, 0.15) is 43.1 Å². The molecule has 0 radical (unpaired) electrons. The van der Waals surface area contributed by atoms with Crippen molar-refractivity contribution >= 4 is 12.0 Å². The van der Waals surface area contributed by atoms with Gasteiger partial charge in [-0.25, -0.2) is 4.79 Å². The van der Waals surface area contributed by atoms with Gasteiger partial charge in [-0.1, -0.05) is 0 Å². The molecule has 0 aliphatic carbocycles. The van der Waals surface area contributed by atoms with Crippen molar-refractivity contribution in [1.29, 1.82) is 0 Å². The fourth-order valence-electron chi connectivity index (χ4n) is 3.86. The number of ether oxygens (including phenoxy) is 1. The van der Waals surface area contributed by atoms with Crippen molar-refractivity contribution in [3.05, 3.63) is 24.0 Å². The molecule has 2 aliphatic heterocycles. The molecular weight excluding hydrogens is 308 g/mol. The van der Waals surface area contributed by atoms with Crippen molar-refractivity contribution in [2.24, 2.45) is 0 Å². The molecule has 0 aromatic carbocycles. The summed E-state index contributed by atoms with van der Waals surface area (Å²) in [6, 6.07) is 4.53. The van der Waals surface area contributed by atoms with Crippen molar-refractivity contribution in [3.63, 3.8) is 0 Å². The monoisotopic (exact) mass is 334 g/mol. The highest BCUT2D eigenvalue weighted by molar-refractivity contribution is 5.92. The standard InChI is InChI=1S/C17H26N4O3/c1-2-24-17(23)21-13-5-6-14(21)11-12(10-13)18-8-9-20-16(22)15-4-3-7-19-15/h3-4,7,12-14,18-19H,2,5-6,8-11H2,1H3,(H,20,22)/t12?,13-,14+. The number of nitrogens with one attached hydrogen (secondary N) is 3. The van der Waals surface area contributed by atoms with Crippen LogP contribution >= 0.6 is 0 Å². The van der Waals surface area contributed by atoms with Gasteiger partial charge >= 0.3 is 6.09 Å². The van der Waals surface area contributed by atoms with Gasteiger partial charge in [-0.2, -0.15) is 0 Å². The van der Waals surface area contributed by atoms with Gasteiger partial charge in [0, 0.05) is 37.4 Å². The average molecular weight is 334 g/mol. The smallest absolute Gasteiger partial charge is 0.410 e. The number of carbonyl (C=O) groups is 2.